The summed E-state index contributed by atoms with van der Waals surface area (Å²) in [5.41, 5.74) is 1.57. The predicted molar refractivity (Wildman–Crippen MR) is 79.1 cm³/mol. The monoisotopic (exact) mass is 291 g/mol. The molecule has 106 valence electrons. The van der Waals surface area contributed by atoms with E-state index in [1.54, 1.807) is 22.9 Å². The fourth-order valence-corrected chi connectivity index (χ4v) is 2.33. The van der Waals surface area contributed by atoms with Crippen molar-refractivity contribution in [2.45, 2.75) is 33.7 Å². The summed E-state index contributed by atoms with van der Waals surface area (Å²) >= 11 is 5.91. The number of rotatable bonds is 5. The molecule has 2 rings (SSSR count). The Morgan fingerprint density at radius 2 is 2.15 bits per heavy atom. The van der Waals surface area contributed by atoms with Gasteiger partial charge < -0.3 is 0 Å². The van der Waals surface area contributed by atoms with Gasteiger partial charge in [0, 0.05) is 17.1 Å². The Bertz CT molecular complexity index is 619. The number of carbonyl (C=O) groups is 1. The summed E-state index contributed by atoms with van der Waals surface area (Å²) in [5.74, 6) is 1.21. The molecule has 0 atom stereocenters. The number of Topliss-reactive ketones (excluding diaryl/α,β-unsaturated/α-hetero) is 1. The van der Waals surface area contributed by atoms with Crippen LogP contribution < -0.4 is 0 Å². The predicted octanol–water partition coefficient (Wildman–Crippen LogP) is 3.32. The molecule has 1 aromatic carbocycles. The van der Waals surface area contributed by atoms with Gasteiger partial charge in [-0.15, -0.1) is 0 Å². The number of halogens is 1. The lowest BCUT2D eigenvalue weighted by Gasteiger charge is -2.09. The summed E-state index contributed by atoms with van der Waals surface area (Å²) in [7, 11) is 0. The lowest BCUT2D eigenvalue weighted by molar-refractivity contribution is 0.0988. The van der Waals surface area contributed by atoms with Crippen molar-refractivity contribution in [3.05, 3.63) is 46.5 Å². The standard InChI is InChI=1S/C15H18ClN3O/c1-10(2)8-19-15(17-9-18-19)7-14(20)13-5-4-12(16)6-11(13)3/h4-6,9-10H,7-8H2,1-3H3. The van der Waals surface area contributed by atoms with Crippen LogP contribution >= 0.6 is 11.6 Å². The van der Waals surface area contributed by atoms with E-state index in [1.807, 2.05) is 6.92 Å². The second-order valence-corrected chi connectivity index (χ2v) is 5.75. The maximum Gasteiger partial charge on any atom is 0.170 e. The van der Waals surface area contributed by atoms with Gasteiger partial charge in [-0.3, -0.25) is 4.79 Å². The molecule has 5 heteroatoms. The van der Waals surface area contributed by atoms with Gasteiger partial charge in [0.25, 0.3) is 0 Å². The highest BCUT2D eigenvalue weighted by atomic mass is 35.5. The first kappa shape index (κ1) is 14.7. The summed E-state index contributed by atoms with van der Waals surface area (Å²) < 4.78 is 1.80. The highest BCUT2D eigenvalue weighted by Gasteiger charge is 2.14. The Morgan fingerprint density at radius 3 is 2.80 bits per heavy atom. The minimum atomic E-state index is 0.0390. The van der Waals surface area contributed by atoms with Crippen molar-refractivity contribution in [1.29, 1.82) is 0 Å². The first-order valence-electron chi connectivity index (χ1n) is 6.63. The van der Waals surface area contributed by atoms with Gasteiger partial charge in [-0.25, -0.2) is 9.67 Å². The first-order chi connectivity index (χ1) is 9.47. The van der Waals surface area contributed by atoms with Gasteiger partial charge in [-0.05, 0) is 36.6 Å². The number of nitrogens with zero attached hydrogens (tertiary/aromatic N) is 3. The van der Waals surface area contributed by atoms with E-state index in [0.717, 1.165) is 12.1 Å². The van der Waals surface area contributed by atoms with Crippen molar-refractivity contribution in [3.63, 3.8) is 0 Å². The Labute approximate surface area is 123 Å². The smallest absolute Gasteiger partial charge is 0.170 e. The van der Waals surface area contributed by atoms with Crippen LogP contribution in [0.1, 0.15) is 35.6 Å². The van der Waals surface area contributed by atoms with Gasteiger partial charge in [0.15, 0.2) is 5.78 Å². The van der Waals surface area contributed by atoms with E-state index in [9.17, 15) is 4.79 Å². The molecule has 0 spiro atoms. The number of hydrogen-bond donors (Lipinski definition) is 0. The summed E-state index contributed by atoms with van der Waals surface area (Å²) in [6, 6.07) is 5.30. The van der Waals surface area contributed by atoms with Crippen LogP contribution in [0.4, 0.5) is 0 Å². The maximum absolute atomic E-state index is 12.4. The SMILES string of the molecule is Cc1cc(Cl)ccc1C(=O)Cc1ncnn1CC(C)C. The van der Waals surface area contributed by atoms with E-state index in [2.05, 4.69) is 23.9 Å². The van der Waals surface area contributed by atoms with Crippen molar-refractivity contribution in [2.24, 2.45) is 5.92 Å². The van der Waals surface area contributed by atoms with Crippen LogP contribution in [-0.4, -0.2) is 20.5 Å². The zero-order valence-electron chi connectivity index (χ0n) is 11.9. The summed E-state index contributed by atoms with van der Waals surface area (Å²) in [6.45, 7) is 6.87. The van der Waals surface area contributed by atoms with Crippen LogP contribution in [0, 0.1) is 12.8 Å². The number of hydrogen-bond acceptors (Lipinski definition) is 3. The van der Waals surface area contributed by atoms with E-state index in [0.29, 0.717) is 22.3 Å². The second-order valence-electron chi connectivity index (χ2n) is 5.31. The van der Waals surface area contributed by atoms with Gasteiger partial charge >= 0.3 is 0 Å². The average Bonchev–Trinajstić information content (AvgIpc) is 2.75. The Kier molecular flexibility index (Phi) is 4.55. The molecule has 0 aliphatic carbocycles. The maximum atomic E-state index is 12.4. The molecule has 0 aliphatic heterocycles. The third kappa shape index (κ3) is 3.45. The molecule has 0 amide bonds. The van der Waals surface area contributed by atoms with Gasteiger partial charge in [0.2, 0.25) is 0 Å². The molecule has 0 fully saturated rings. The van der Waals surface area contributed by atoms with Gasteiger partial charge in [0.05, 0.1) is 6.42 Å². The molecule has 0 saturated carbocycles. The lowest BCUT2D eigenvalue weighted by Crippen LogP contribution is -2.14. The quantitative estimate of drug-likeness (QED) is 0.794. The Morgan fingerprint density at radius 1 is 1.40 bits per heavy atom. The Balaban J connectivity index is 2.17. The topological polar surface area (TPSA) is 47.8 Å². The number of ketones is 1. The highest BCUT2D eigenvalue weighted by Crippen LogP contribution is 2.17. The van der Waals surface area contributed by atoms with Crippen molar-refractivity contribution >= 4 is 17.4 Å². The highest BCUT2D eigenvalue weighted by molar-refractivity contribution is 6.30. The molecule has 0 aliphatic rings. The summed E-state index contributed by atoms with van der Waals surface area (Å²) in [4.78, 5) is 16.5. The molecule has 0 unspecified atom stereocenters. The molecule has 0 N–H and O–H groups in total. The fourth-order valence-electron chi connectivity index (χ4n) is 2.10. The minimum Gasteiger partial charge on any atom is -0.294 e. The molecule has 0 bridgehead atoms. The fraction of sp³-hybridized carbons (Fsp3) is 0.400. The zero-order chi connectivity index (χ0) is 14.7. The van der Waals surface area contributed by atoms with E-state index in [-0.39, 0.29) is 12.2 Å². The molecule has 20 heavy (non-hydrogen) atoms. The zero-order valence-corrected chi connectivity index (χ0v) is 12.7. The van der Waals surface area contributed by atoms with Gasteiger partial charge in [-0.2, -0.15) is 5.10 Å². The summed E-state index contributed by atoms with van der Waals surface area (Å²) in [5, 5.41) is 4.81. The van der Waals surface area contributed by atoms with Crippen LogP contribution in [0.2, 0.25) is 5.02 Å². The van der Waals surface area contributed by atoms with E-state index in [4.69, 9.17) is 11.6 Å². The molecule has 4 nitrogen and oxygen atoms in total. The van der Waals surface area contributed by atoms with Crippen LogP contribution in [0.25, 0.3) is 0 Å². The van der Waals surface area contributed by atoms with Crippen LogP contribution in [0.5, 0.6) is 0 Å². The molecule has 1 aromatic heterocycles. The molecule has 1 heterocycles. The largest absolute Gasteiger partial charge is 0.294 e. The van der Waals surface area contributed by atoms with Crippen LogP contribution in [0.3, 0.4) is 0 Å². The Hall–Kier alpha value is -1.68. The van der Waals surface area contributed by atoms with Crippen LogP contribution in [-0.2, 0) is 13.0 Å². The molecule has 0 radical (unpaired) electrons. The number of carbonyl (C=O) groups excluding carboxylic acids is 1. The van der Waals surface area contributed by atoms with Crippen LogP contribution in [0.15, 0.2) is 24.5 Å². The van der Waals surface area contributed by atoms with Crippen molar-refractivity contribution in [2.75, 3.05) is 0 Å². The summed E-state index contributed by atoms with van der Waals surface area (Å²) in [6.07, 6.45) is 1.76. The van der Waals surface area contributed by atoms with E-state index < -0.39 is 0 Å². The third-order valence-electron chi connectivity index (χ3n) is 3.04. The number of aromatic nitrogens is 3. The average molecular weight is 292 g/mol. The van der Waals surface area contributed by atoms with E-state index >= 15 is 0 Å². The molecular formula is C15H18ClN3O. The number of benzene rings is 1. The lowest BCUT2D eigenvalue weighted by atomic mass is 10.0. The molecular weight excluding hydrogens is 274 g/mol. The third-order valence-corrected chi connectivity index (χ3v) is 3.28. The van der Waals surface area contributed by atoms with E-state index in [1.165, 1.54) is 6.33 Å². The first-order valence-corrected chi connectivity index (χ1v) is 7.01. The molecule has 2 aromatic rings. The van der Waals surface area contributed by atoms with Crippen molar-refractivity contribution in [3.8, 4) is 0 Å². The van der Waals surface area contributed by atoms with Gasteiger partial charge in [0.1, 0.15) is 12.2 Å². The van der Waals surface area contributed by atoms with Crippen molar-refractivity contribution < 1.29 is 4.79 Å². The van der Waals surface area contributed by atoms with Crippen molar-refractivity contribution in [1.82, 2.24) is 14.8 Å². The number of aryl methyl sites for hydroxylation is 1. The second kappa shape index (κ2) is 6.18. The van der Waals surface area contributed by atoms with Gasteiger partial charge in [-0.1, -0.05) is 25.4 Å². The molecule has 0 saturated heterocycles. The minimum absolute atomic E-state index is 0.0390. The normalized spacial score (nSPS) is 11.1.